The molecule has 2 aromatic carbocycles. The molecule has 1 saturated heterocycles. The molecule has 1 heterocycles. The van der Waals surface area contributed by atoms with Crippen LogP contribution in [0.5, 0.6) is 5.75 Å². The van der Waals surface area contributed by atoms with Gasteiger partial charge in [0.1, 0.15) is 11.8 Å². The normalized spacial score (nSPS) is 18.3. The number of benzene rings is 2. The second kappa shape index (κ2) is 9.08. The molecule has 6 nitrogen and oxygen atoms in total. The van der Waals surface area contributed by atoms with E-state index in [1.54, 1.807) is 18.2 Å². The SMILES string of the molecule is COc1ccc(NC(=O)[C@@H](c2ccccc2)N2CCC[C@H](C(N)=O)C2)cc1Cl. The molecular weight excluding hydrogens is 378 g/mol. The number of methoxy groups -OCH3 is 1. The van der Waals surface area contributed by atoms with Crippen LogP contribution in [0, 0.1) is 5.92 Å². The van der Waals surface area contributed by atoms with Crippen molar-refractivity contribution in [2.45, 2.75) is 18.9 Å². The van der Waals surface area contributed by atoms with Gasteiger partial charge in [0.25, 0.3) is 0 Å². The van der Waals surface area contributed by atoms with Crippen molar-refractivity contribution in [3.05, 3.63) is 59.1 Å². The highest BCUT2D eigenvalue weighted by Gasteiger charge is 2.33. The molecule has 0 saturated carbocycles. The van der Waals surface area contributed by atoms with Crippen molar-refractivity contribution in [3.8, 4) is 5.75 Å². The summed E-state index contributed by atoms with van der Waals surface area (Å²) in [5, 5.41) is 3.36. The van der Waals surface area contributed by atoms with Gasteiger partial charge in [-0.25, -0.2) is 0 Å². The van der Waals surface area contributed by atoms with Crippen LogP contribution in [0.4, 0.5) is 5.69 Å². The Bertz CT molecular complexity index is 844. The molecule has 2 atom stereocenters. The summed E-state index contributed by atoms with van der Waals surface area (Å²) in [5.41, 5.74) is 6.97. The third-order valence-electron chi connectivity index (χ3n) is 5.00. The molecule has 1 fully saturated rings. The van der Waals surface area contributed by atoms with Gasteiger partial charge in [-0.15, -0.1) is 0 Å². The van der Waals surface area contributed by atoms with E-state index in [-0.39, 0.29) is 17.7 Å². The fourth-order valence-corrected chi connectivity index (χ4v) is 3.85. The van der Waals surface area contributed by atoms with Gasteiger partial charge in [0, 0.05) is 12.2 Å². The van der Waals surface area contributed by atoms with Gasteiger partial charge < -0.3 is 15.8 Å². The Hall–Kier alpha value is -2.57. The second-order valence-corrected chi connectivity index (χ2v) is 7.30. The van der Waals surface area contributed by atoms with Gasteiger partial charge in [-0.1, -0.05) is 41.9 Å². The molecular formula is C21H24ClN3O3. The number of anilines is 1. The fraction of sp³-hybridized carbons (Fsp3) is 0.333. The average molecular weight is 402 g/mol. The zero-order chi connectivity index (χ0) is 20.1. The van der Waals surface area contributed by atoms with Crippen molar-refractivity contribution in [2.75, 3.05) is 25.5 Å². The summed E-state index contributed by atoms with van der Waals surface area (Å²) < 4.78 is 5.15. The highest BCUT2D eigenvalue weighted by Crippen LogP contribution is 2.30. The maximum absolute atomic E-state index is 13.2. The maximum Gasteiger partial charge on any atom is 0.246 e. The quantitative estimate of drug-likeness (QED) is 0.778. The number of carbonyl (C=O) groups is 2. The van der Waals surface area contributed by atoms with Crippen LogP contribution in [0.25, 0.3) is 0 Å². The van der Waals surface area contributed by atoms with Crippen LogP contribution < -0.4 is 15.8 Å². The van der Waals surface area contributed by atoms with E-state index in [4.69, 9.17) is 22.1 Å². The molecule has 28 heavy (non-hydrogen) atoms. The van der Waals surface area contributed by atoms with E-state index >= 15 is 0 Å². The number of amides is 2. The van der Waals surface area contributed by atoms with Crippen LogP contribution in [0.2, 0.25) is 5.02 Å². The molecule has 1 aliphatic rings. The summed E-state index contributed by atoms with van der Waals surface area (Å²) in [6.07, 6.45) is 1.57. The third kappa shape index (κ3) is 4.64. The molecule has 2 aromatic rings. The lowest BCUT2D eigenvalue weighted by Gasteiger charge is -2.36. The van der Waals surface area contributed by atoms with Crippen LogP contribution in [0.3, 0.4) is 0 Å². The van der Waals surface area contributed by atoms with Crippen molar-refractivity contribution in [1.82, 2.24) is 4.90 Å². The number of rotatable bonds is 6. The predicted octanol–water partition coefficient (Wildman–Crippen LogP) is 3.23. The Morgan fingerprint density at radius 1 is 1.25 bits per heavy atom. The summed E-state index contributed by atoms with van der Waals surface area (Å²) >= 11 is 6.17. The zero-order valence-corrected chi connectivity index (χ0v) is 16.5. The molecule has 1 aliphatic heterocycles. The summed E-state index contributed by atoms with van der Waals surface area (Å²) in [5.74, 6) is -0.209. The first-order valence-electron chi connectivity index (χ1n) is 9.22. The highest BCUT2D eigenvalue weighted by molar-refractivity contribution is 6.32. The minimum Gasteiger partial charge on any atom is -0.495 e. The van der Waals surface area contributed by atoms with Crippen LogP contribution in [0.1, 0.15) is 24.4 Å². The first-order valence-corrected chi connectivity index (χ1v) is 9.60. The van der Waals surface area contributed by atoms with Crippen LogP contribution >= 0.6 is 11.6 Å². The van der Waals surface area contributed by atoms with E-state index in [0.29, 0.717) is 23.0 Å². The summed E-state index contributed by atoms with van der Waals surface area (Å²) in [7, 11) is 1.54. The molecule has 148 valence electrons. The standard InChI is InChI=1S/C21H24ClN3O3/c1-28-18-10-9-16(12-17(18)22)24-21(27)19(14-6-3-2-4-7-14)25-11-5-8-15(13-25)20(23)26/h2-4,6-7,9-10,12,15,19H,5,8,11,13H2,1H3,(H2,23,26)(H,24,27)/t15-,19+/m0/s1. The van der Waals surface area contributed by atoms with Crippen LogP contribution in [-0.4, -0.2) is 36.9 Å². The second-order valence-electron chi connectivity index (χ2n) is 6.89. The minimum absolute atomic E-state index is 0.183. The molecule has 0 aliphatic carbocycles. The van der Waals surface area contributed by atoms with E-state index in [1.165, 1.54) is 7.11 Å². The smallest absolute Gasteiger partial charge is 0.246 e. The lowest BCUT2D eigenvalue weighted by Crippen LogP contribution is -2.46. The van der Waals surface area contributed by atoms with Crippen molar-refractivity contribution in [2.24, 2.45) is 11.7 Å². The van der Waals surface area contributed by atoms with Crippen molar-refractivity contribution in [3.63, 3.8) is 0 Å². The number of likely N-dealkylation sites (tertiary alicyclic amines) is 1. The molecule has 0 spiro atoms. The number of nitrogens with two attached hydrogens (primary N) is 1. The minimum atomic E-state index is -0.524. The van der Waals surface area contributed by atoms with E-state index in [1.807, 2.05) is 35.2 Å². The van der Waals surface area contributed by atoms with E-state index in [0.717, 1.165) is 24.9 Å². The van der Waals surface area contributed by atoms with Gasteiger partial charge in [0.15, 0.2) is 0 Å². The number of carbonyl (C=O) groups excluding carboxylic acids is 2. The summed E-state index contributed by atoms with van der Waals surface area (Å²) in [6.45, 7) is 1.19. The molecule has 3 N–H and O–H groups in total. The molecule has 3 rings (SSSR count). The van der Waals surface area contributed by atoms with Gasteiger partial charge in [-0.3, -0.25) is 14.5 Å². The number of hydrogen-bond acceptors (Lipinski definition) is 4. The molecule has 7 heteroatoms. The molecule has 0 radical (unpaired) electrons. The Balaban J connectivity index is 1.85. The third-order valence-corrected chi connectivity index (χ3v) is 5.30. The fourth-order valence-electron chi connectivity index (χ4n) is 3.59. The van der Waals surface area contributed by atoms with Crippen molar-refractivity contribution < 1.29 is 14.3 Å². The Morgan fingerprint density at radius 2 is 2.00 bits per heavy atom. The summed E-state index contributed by atoms with van der Waals surface area (Å²) in [6, 6.07) is 14.1. The number of piperidine rings is 1. The lowest BCUT2D eigenvalue weighted by molar-refractivity contribution is -0.127. The highest BCUT2D eigenvalue weighted by atomic mass is 35.5. The molecule has 0 unspecified atom stereocenters. The van der Waals surface area contributed by atoms with Crippen LogP contribution in [-0.2, 0) is 9.59 Å². The number of nitrogens with zero attached hydrogens (tertiary/aromatic N) is 1. The first-order chi connectivity index (χ1) is 13.5. The van der Waals surface area contributed by atoms with E-state index in [2.05, 4.69) is 5.32 Å². The van der Waals surface area contributed by atoms with Gasteiger partial charge >= 0.3 is 0 Å². The Morgan fingerprint density at radius 3 is 2.64 bits per heavy atom. The topological polar surface area (TPSA) is 84.7 Å². The maximum atomic E-state index is 13.2. The average Bonchev–Trinajstić information content (AvgIpc) is 2.69. The van der Waals surface area contributed by atoms with Gasteiger partial charge in [-0.2, -0.15) is 0 Å². The van der Waals surface area contributed by atoms with Crippen molar-refractivity contribution in [1.29, 1.82) is 0 Å². The molecule has 0 bridgehead atoms. The van der Waals surface area contributed by atoms with E-state index in [9.17, 15) is 9.59 Å². The van der Waals surface area contributed by atoms with Crippen LogP contribution in [0.15, 0.2) is 48.5 Å². The number of primary amides is 1. The predicted molar refractivity (Wildman–Crippen MR) is 109 cm³/mol. The molecule has 2 amide bonds. The van der Waals surface area contributed by atoms with Gasteiger partial charge in [0.2, 0.25) is 11.8 Å². The number of nitrogens with one attached hydrogen (secondary N) is 1. The first kappa shape index (κ1) is 20.2. The van der Waals surface area contributed by atoms with Gasteiger partial charge in [0.05, 0.1) is 18.1 Å². The summed E-state index contributed by atoms with van der Waals surface area (Å²) in [4.78, 5) is 26.9. The monoisotopic (exact) mass is 401 g/mol. The molecule has 0 aromatic heterocycles. The zero-order valence-electron chi connectivity index (χ0n) is 15.7. The number of halogens is 1. The number of hydrogen-bond donors (Lipinski definition) is 2. The lowest BCUT2D eigenvalue weighted by atomic mass is 9.94. The van der Waals surface area contributed by atoms with Crippen molar-refractivity contribution >= 4 is 29.1 Å². The number of ether oxygens (including phenoxy) is 1. The largest absolute Gasteiger partial charge is 0.495 e. The van der Waals surface area contributed by atoms with E-state index < -0.39 is 6.04 Å². The Labute approximate surface area is 169 Å². The van der Waals surface area contributed by atoms with Gasteiger partial charge in [-0.05, 0) is 43.1 Å². The Kier molecular flexibility index (Phi) is 6.54.